The van der Waals surface area contributed by atoms with Gasteiger partial charge in [-0.15, -0.1) is 0 Å². The van der Waals surface area contributed by atoms with Crippen LogP contribution in [0.1, 0.15) is 17.0 Å². The highest BCUT2D eigenvalue weighted by atomic mass is 127. The SMILES string of the molecule is Cc1ccc2nc(/C(C#N)=C\c3cc(Br)c(O)c(I)c3)[nH]c2c1. The fourth-order valence-corrected chi connectivity index (χ4v) is 3.74. The van der Waals surface area contributed by atoms with E-state index in [1.165, 1.54) is 0 Å². The number of fused-ring (bicyclic) bond motifs is 1. The molecule has 4 nitrogen and oxygen atoms in total. The number of phenols is 1. The average molecular weight is 480 g/mol. The zero-order valence-electron chi connectivity index (χ0n) is 12.1. The van der Waals surface area contributed by atoms with Gasteiger partial charge in [0, 0.05) is 0 Å². The van der Waals surface area contributed by atoms with E-state index < -0.39 is 0 Å². The van der Waals surface area contributed by atoms with E-state index in [0.717, 1.165) is 22.2 Å². The number of aromatic nitrogens is 2. The number of phenolic OH excluding ortho intramolecular Hbond substituents is 1. The molecule has 0 bridgehead atoms. The minimum absolute atomic E-state index is 0.195. The van der Waals surface area contributed by atoms with Gasteiger partial charge in [0.15, 0.2) is 0 Å². The van der Waals surface area contributed by atoms with E-state index in [4.69, 9.17) is 0 Å². The molecule has 0 aliphatic heterocycles. The van der Waals surface area contributed by atoms with Crippen LogP contribution in [0.2, 0.25) is 0 Å². The summed E-state index contributed by atoms with van der Waals surface area (Å²) in [5, 5.41) is 19.3. The van der Waals surface area contributed by atoms with Crippen LogP contribution in [-0.2, 0) is 0 Å². The Kier molecular flexibility index (Phi) is 4.41. The Balaban J connectivity index is 2.09. The van der Waals surface area contributed by atoms with Crippen LogP contribution < -0.4 is 0 Å². The number of aryl methyl sites for hydroxylation is 1. The fraction of sp³-hybridized carbons (Fsp3) is 0.0588. The number of aromatic amines is 1. The second kappa shape index (κ2) is 6.34. The van der Waals surface area contributed by atoms with E-state index in [-0.39, 0.29) is 5.75 Å². The van der Waals surface area contributed by atoms with Crippen molar-refractivity contribution in [3.05, 3.63) is 55.3 Å². The first-order valence-corrected chi connectivity index (χ1v) is 8.61. The molecule has 0 aliphatic carbocycles. The van der Waals surface area contributed by atoms with E-state index in [2.05, 4.69) is 32.0 Å². The van der Waals surface area contributed by atoms with Crippen molar-refractivity contribution < 1.29 is 5.11 Å². The normalized spacial score (nSPS) is 11.7. The Morgan fingerprint density at radius 3 is 2.87 bits per heavy atom. The molecule has 114 valence electrons. The van der Waals surface area contributed by atoms with Crippen LogP contribution in [0.4, 0.5) is 0 Å². The number of hydrogen-bond acceptors (Lipinski definition) is 3. The minimum atomic E-state index is 0.195. The molecule has 1 aromatic heterocycles. The highest BCUT2D eigenvalue weighted by Crippen LogP contribution is 2.31. The summed E-state index contributed by atoms with van der Waals surface area (Å²) in [5.74, 6) is 0.729. The molecule has 0 radical (unpaired) electrons. The van der Waals surface area contributed by atoms with Crippen molar-refractivity contribution in [2.75, 3.05) is 0 Å². The van der Waals surface area contributed by atoms with E-state index in [1.54, 1.807) is 12.1 Å². The van der Waals surface area contributed by atoms with Gasteiger partial charge in [-0.3, -0.25) is 0 Å². The van der Waals surface area contributed by atoms with Crippen molar-refractivity contribution in [2.24, 2.45) is 0 Å². The number of imidazole rings is 1. The van der Waals surface area contributed by atoms with Crippen molar-refractivity contribution in [3.8, 4) is 11.8 Å². The lowest BCUT2D eigenvalue weighted by molar-refractivity contribution is 0.468. The van der Waals surface area contributed by atoms with Crippen LogP contribution in [0.5, 0.6) is 5.75 Å². The monoisotopic (exact) mass is 479 g/mol. The molecule has 0 fully saturated rings. The van der Waals surface area contributed by atoms with Crippen LogP contribution in [0.15, 0.2) is 34.8 Å². The van der Waals surface area contributed by atoms with Gasteiger partial charge < -0.3 is 10.1 Å². The summed E-state index contributed by atoms with van der Waals surface area (Å²) < 4.78 is 1.30. The Bertz CT molecular complexity index is 962. The molecule has 0 unspecified atom stereocenters. The summed E-state index contributed by atoms with van der Waals surface area (Å²) in [7, 11) is 0. The third kappa shape index (κ3) is 3.26. The molecule has 2 aromatic carbocycles. The Hall–Kier alpha value is -1.85. The summed E-state index contributed by atoms with van der Waals surface area (Å²) in [6.07, 6.45) is 1.75. The van der Waals surface area contributed by atoms with Crippen molar-refractivity contribution in [1.29, 1.82) is 5.26 Å². The number of nitriles is 1. The van der Waals surface area contributed by atoms with Gasteiger partial charge in [-0.1, -0.05) is 6.07 Å². The van der Waals surface area contributed by atoms with Gasteiger partial charge in [0.25, 0.3) is 0 Å². The Morgan fingerprint density at radius 1 is 1.39 bits per heavy atom. The van der Waals surface area contributed by atoms with Gasteiger partial charge in [-0.05, 0) is 86.9 Å². The van der Waals surface area contributed by atoms with E-state index in [0.29, 0.717) is 19.4 Å². The summed E-state index contributed by atoms with van der Waals surface area (Å²) in [5.41, 5.74) is 4.11. The van der Waals surface area contributed by atoms with Gasteiger partial charge in [0.05, 0.1) is 24.6 Å². The first-order chi connectivity index (χ1) is 11.0. The maximum absolute atomic E-state index is 9.80. The maximum atomic E-state index is 9.80. The van der Waals surface area contributed by atoms with Gasteiger partial charge in [0.2, 0.25) is 0 Å². The molecule has 0 spiro atoms. The Labute approximate surface area is 155 Å². The number of halogens is 2. The highest BCUT2D eigenvalue weighted by molar-refractivity contribution is 14.1. The van der Waals surface area contributed by atoms with E-state index in [9.17, 15) is 10.4 Å². The van der Waals surface area contributed by atoms with Crippen LogP contribution in [0.25, 0.3) is 22.7 Å². The molecule has 23 heavy (non-hydrogen) atoms. The second-order valence-corrected chi connectivity index (χ2v) is 7.13. The maximum Gasteiger partial charge on any atom is 0.149 e. The van der Waals surface area contributed by atoms with Crippen molar-refractivity contribution >= 4 is 61.2 Å². The zero-order valence-corrected chi connectivity index (χ0v) is 15.8. The predicted molar refractivity (Wildman–Crippen MR) is 103 cm³/mol. The number of rotatable bonds is 2. The number of H-pyrrole nitrogens is 1. The summed E-state index contributed by atoms with van der Waals surface area (Å²) in [6.45, 7) is 2.01. The van der Waals surface area contributed by atoms with Crippen LogP contribution in [0, 0.1) is 21.8 Å². The quantitative estimate of drug-likeness (QED) is 0.401. The second-order valence-electron chi connectivity index (χ2n) is 5.11. The first kappa shape index (κ1) is 16.0. The molecule has 6 heteroatoms. The zero-order chi connectivity index (χ0) is 16.6. The summed E-state index contributed by atoms with van der Waals surface area (Å²) in [4.78, 5) is 7.66. The largest absolute Gasteiger partial charge is 0.506 e. The highest BCUT2D eigenvalue weighted by Gasteiger charge is 2.10. The molecule has 0 saturated heterocycles. The summed E-state index contributed by atoms with van der Waals surface area (Å²) >= 11 is 5.36. The molecular formula is C17H11BrIN3O. The standard InChI is InChI=1S/C17H11BrIN3O/c1-9-2-3-14-15(4-9)22-17(21-14)11(8-20)5-10-6-12(18)16(23)13(19)7-10/h2-7,23H,1H3,(H,21,22)/b11-5-. The lowest BCUT2D eigenvalue weighted by Crippen LogP contribution is -1.86. The molecule has 0 aliphatic rings. The van der Waals surface area contributed by atoms with E-state index in [1.807, 2.05) is 53.8 Å². The number of hydrogen-bond donors (Lipinski definition) is 2. The van der Waals surface area contributed by atoms with Crippen molar-refractivity contribution in [3.63, 3.8) is 0 Å². The lowest BCUT2D eigenvalue weighted by atomic mass is 10.1. The number of allylic oxidation sites excluding steroid dienone is 1. The van der Waals surface area contributed by atoms with Crippen LogP contribution in [-0.4, -0.2) is 15.1 Å². The molecule has 3 rings (SSSR count). The molecular weight excluding hydrogens is 469 g/mol. The molecule has 3 aromatic rings. The molecule has 1 heterocycles. The minimum Gasteiger partial charge on any atom is -0.506 e. The number of benzene rings is 2. The fourth-order valence-electron chi connectivity index (χ4n) is 2.24. The molecule has 2 N–H and O–H groups in total. The average Bonchev–Trinajstić information content (AvgIpc) is 2.92. The Morgan fingerprint density at radius 2 is 2.17 bits per heavy atom. The molecule has 0 saturated carbocycles. The van der Waals surface area contributed by atoms with Crippen molar-refractivity contribution in [2.45, 2.75) is 6.92 Å². The number of aromatic hydroxyl groups is 1. The molecule has 0 amide bonds. The molecule has 0 atom stereocenters. The van der Waals surface area contributed by atoms with Crippen LogP contribution in [0.3, 0.4) is 0 Å². The number of nitrogens with zero attached hydrogens (tertiary/aromatic N) is 2. The van der Waals surface area contributed by atoms with Gasteiger partial charge in [0.1, 0.15) is 17.6 Å². The van der Waals surface area contributed by atoms with Gasteiger partial charge >= 0.3 is 0 Å². The smallest absolute Gasteiger partial charge is 0.149 e. The third-order valence-corrected chi connectivity index (χ3v) is 4.79. The first-order valence-electron chi connectivity index (χ1n) is 6.74. The summed E-state index contributed by atoms with van der Waals surface area (Å²) in [6, 6.07) is 11.7. The van der Waals surface area contributed by atoms with E-state index >= 15 is 0 Å². The lowest BCUT2D eigenvalue weighted by Gasteiger charge is -2.03. The van der Waals surface area contributed by atoms with Gasteiger partial charge in [-0.25, -0.2) is 4.98 Å². The predicted octanol–water partition coefficient (Wildman–Crippen LogP) is 5.01. The third-order valence-electron chi connectivity index (χ3n) is 3.36. The topological polar surface area (TPSA) is 72.7 Å². The van der Waals surface area contributed by atoms with Crippen LogP contribution >= 0.6 is 38.5 Å². The number of nitrogens with one attached hydrogen (secondary N) is 1. The van der Waals surface area contributed by atoms with Gasteiger partial charge in [-0.2, -0.15) is 5.26 Å². The van der Waals surface area contributed by atoms with Crippen molar-refractivity contribution in [1.82, 2.24) is 9.97 Å².